The first-order chi connectivity index (χ1) is 12.2. The van der Waals surface area contributed by atoms with Crippen molar-refractivity contribution >= 4 is 48.7 Å². The highest BCUT2D eigenvalue weighted by Crippen LogP contribution is 2.33. The van der Waals surface area contributed by atoms with Crippen molar-refractivity contribution in [1.29, 1.82) is 0 Å². The van der Waals surface area contributed by atoms with Crippen LogP contribution in [0.15, 0.2) is 47.1 Å². The van der Waals surface area contributed by atoms with Gasteiger partial charge in [0, 0.05) is 23.8 Å². The molecule has 1 aromatic carbocycles. The minimum Gasteiger partial charge on any atom is -0.350 e. The van der Waals surface area contributed by atoms with Gasteiger partial charge >= 0.3 is 0 Å². The van der Waals surface area contributed by atoms with Crippen molar-refractivity contribution in [2.75, 3.05) is 11.4 Å². The number of benzene rings is 1. The van der Waals surface area contributed by atoms with Crippen LogP contribution in [-0.2, 0) is 11.3 Å². The van der Waals surface area contributed by atoms with Gasteiger partial charge in [0.25, 0.3) is 0 Å². The fourth-order valence-corrected chi connectivity index (χ4v) is 4.60. The Morgan fingerprint density at radius 2 is 2.20 bits per heavy atom. The predicted octanol–water partition coefficient (Wildman–Crippen LogP) is 3.74. The standard InChI is InChI=1S/C18H17BrN4OS/c19-13-9-15-16(20-11-13)22-18(25-15)23-8-4-7-14(23)17(24)21-10-12-5-2-1-3-6-12/h1-3,5-6,9,11,14H,4,7-8,10H2,(H,21,24)/t14-/m1/s1. The van der Waals surface area contributed by atoms with E-state index in [1.807, 2.05) is 36.4 Å². The Bertz CT molecular complexity index is 898. The quantitative estimate of drug-likeness (QED) is 0.703. The number of thiazole rings is 1. The summed E-state index contributed by atoms with van der Waals surface area (Å²) in [6.07, 6.45) is 3.60. The topological polar surface area (TPSA) is 58.1 Å². The van der Waals surface area contributed by atoms with Gasteiger partial charge < -0.3 is 10.2 Å². The van der Waals surface area contributed by atoms with Crippen LogP contribution in [0.3, 0.4) is 0 Å². The van der Waals surface area contributed by atoms with E-state index in [2.05, 4.69) is 36.1 Å². The number of hydrogen-bond acceptors (Lipinski definition) is 5. The van der Waals surface area contributed by atoms with Gasteiger partial charge in [-0.2, -0.15) is 4.98 Å². The zero-order chi connectivity index (χ0) is 17.2. The number of halogens is 1. The molecule has 2 aromatic heterocycles. The third kappa shape index (κ3) is 3.52. The highest BCUT2D eigenvalue weighted by Gasteiger charge is 2.32. The van der Waals surface area contributed by atoms with E-state index in [1.165, 1.54) is 0 Å². The fourth-order valence-electron chi connectivity index (χ4n) is 3.08. The Hall–Kier alpha value is -1.99. The molecule has 0 unspecified atom stereocenters. The molecule has 25 heavy (non-hydrogen) atoms. The van der Waals surface area contributed by atoms with E-state index in [0.29, 0.717) is 6.54 Å². The molecule has 3 aromatic rings. The zero-order valence-electron chi connectivity index (χ0n) is 13.5. The molecule has 0 saturated carbocycles. The summed E-state index contributed by atoms with van der Waals surface area (Å²) in [5, 5.41) is 3.93. The normalized spacial score (nSPS) is 17.2. The van der Waals surface area contributed by atoms with Crippen molar-refractivity contribution in [2.24, 2.45) is 0 Å². The second-order valence-corrected chi connectivity index (χ2v) is 7.95. The lowest BCUT2D eigenvalue weighted by atomic mass is 10.2. The smallest absolute Gasteiger partial charge is 0.243 e. The summed E-state index contributed by atoms with van der Waals surface area (Å²) in [6.45, 7) is 1.41. The fraction of sp³-hybridized carbons (Fsp3) is 0.278. The highest BCUT2D eigenvalue weighted by molar-refractivity contribution is 9.10. The number of hydrogen-bond donors (Lipinski definition) is 1. The number of carbonyl (C=O) groups is 1. The van der Waals surface area contributed by atoms with Crippen molar-refractivity contribution in [2.45, 2.75) is 25.4 Å². The Morgan fingerprint density at radius 1 is 1.36 bits per heavy atom. The van der Waals surface area contributed by atoms with Crippen LogP contribution >= 0.6 is 27.3 Å². The van der Waals surface area contributed by atoms with Crippen molar-refractivity contribution < 1.29 is 4.79 Å². The summed E-state index contributed by atoms with van der Waals surface area (Å²) < 4.78 is 1.97. The van der Waals surface area contributed by atoms with Crippen LogP contribution in [-0.4, -0.2) is 28.5 Å². The molecular formula is C18H17BrN4OS. The average molecular weight is 417 g/mol. The average Bonchev–Trinajstić information content (AvgIpc) is 3.26. The molecular weight excluding hydrogens is 400 g/mol. The van der Waals surface area contributed by atoms with Crippen molar-refractivity contribution in [3.05, 3.63) is 52.6 Å². The summed E-state index contributed by atoms with van der Waals surface area (Å²) in [5.74, 6) is 0.0646. The SMILES string of the molecule is O=C(NCc1ccccc1)[C@H]1CCCN1c1nc2ncc(Br)cc2s1. The maximum atomic E-state index is 12.7. The molecule has 1 fully saturated rings. The molecule has 1 N–H and O–H groups in total. The molecule has 1 saturated heterocycles. The van der Waals surface area contributed by atoms with E-state index >= 15 is 0 Å². The first kappa shape index (κ1) is 16.5. The highest BCUT2D eigenvalue weighted by atomic mass is 79.9. The van der Waals surface area contributed by atoms with E-state index in [-0.39, 0.29) is 11.9 Å². The lowest BCUT2D eigenvalue weighted by Crippen LogP contribution is -2.43. The van der Waals surface area contributed by atoms with Gasteiger partial charge in [0.2, 0.25) is 5.91 Å². The van der Waals surface area contributed by atoms with Crippen LogP contribution in [0, 0.1) is 0 Å². The lowest BCUT2D eigenvalue weighted by Gasteiger charge is -2.23. The number of anilines is 1. The molecule has 0 radical (unpaired) electrons. The first-order valence-electron chi connectivity index (χ1n) is 8.21. The van der Waals surface area contributed by atoms with E-state index in [4.69, 9.17) is 0 Å². The number of carbonyl (C=O) groups excluding carboxylic acids is 1. The van der Waals surface area contributed by atoms with Crippen molar-refractivity contribution in [3.8, 4) is 0 Å². The van der Waals surface area contributed by atoms with Crippen LogP contribution in [0.4, 0.5) is 5.13 Å². The molecule has 1 aliphatic heterocycles. The van der Waals surface area contributed by atoms with Gasteiger partial charge in [-0.1, -0.05) is 41.7 Å². The van der Waals surface area contributed by atoms with E-state index < -0.39 is 0 Å². The second-order valence-electron chi connectivity index (χ2n) is 6.03. The summed E-state index contributed by atoms with van der Waals surface area (Å²) in [6, 6.07) is 11.8. The van der Waals surface area contributed by atoms with E-state index in [0.717, 1.165) is 44.9 Å². The summed E-state index contributed by atoms with van der Waals surface area (Å²) in [7, 11) is 0. The van der Waals surface area contributed by atoms with Crippen LogP contribution in [0.25, 0.3) is 10.3 Å². The van der Waals surface area contributed by atoms with Gasteiger partial charge in [0.15, 0.2) is 10.8 Å². The summed E-state index contributed by atoms with van der Waals surface area (Å²) >= 11 is 5.03. The molecule has 0 aliphatic carbocycles. The number of aromatic nitrogens is 2. The maximum absolute atomic E-state index is 12.7. The van der Waals surface area contributed by atoms with Crippen LogP contribution in [0.5, 0.6) is 0 Å². The Morgan fingerprint density at radius 3 is 3.04 bits per heavy atom. The van der Waals surface area contributed by atoms with Gasteiger partial charge in [-0.25, -0.2) is 4.98 Å². The lowest BCUT2D eigenvalue weighted by molar-refractivity contribution is -0.122. The van der Waals surface area contributed by atoms with Crippen LogP contribution in [0.2, 0.25) is 0 Å². The summed E-state index contributed by atoms with van der Waals surface area (Å²) in [5.41, 5.74) is 1.84. The minimum absolute atomic E-state index is 0.0646. The Balaban J connectivity index is 1.50. The van der Waals surface area contributed by atoms with Crippen LogP contribution in [0.1, 0.15) is 18.4 Å². The van der Waals surface area contributed by atoms with Gasteiger partial charge in [-0.3, -0.25) is 4.79 Å². The molecule has 5 nitrogen and oxygen atoms in total. The van der Waals surface area contributed by atoms with E-state index in [1.54, 1.807) is 17.5 Å². The largest absolute Gasteiger partial charge is 0.350 e. The van der Waals surface area contributed by atoms with Crippen LogP contribution < -0.4 is 10.2 Å². The minimum atomic E-state index is -0.160. The molecule has 0 bridgehead atoms. The van der Waals surface area contributed by atoms with Crippen molar-refractivity contribution in [1.82, 2.24) is 15.3 Å². The molecule has 1 amide bonds. The third-order valence-electron chi connectivity index (χ3n) is 4.31. The van der Waals surface area contributed by atoms with Gasteiger partial charge in [0.1, 0.15) is 6.04 Å². The predicted molar refractivity (Wildman–Crippen MR) is 104 cm³/mol. The zero-order valence-corrected chi connectivity index (χ0v) is 15.9. The number of amides is 1. The van der Waals surface area contributed by atoms with Gasteiger partial charge in [0.05, 0.1) is 4.70 Å². The second kappa shape index (κ2) is 7.09. The monoisotopic (exact) mass is 416 g/mol. The Labute approximate surface area is 158 Å². The molecule has 7 heteroatoms. The molecule has 4 rings (SSSR count). The molecule has 0 spiro atoms. The molecule has 1 atom stereocenters. The number of pyridine rings is 1. The van der Waals surface area contributed by atoms with Gasteiger partial charge in [-0.05, 0) is 40.4 Å². The van der Waals surface area contributed by atoms with E-state index in [9.17, 15) is 4.79 Å². The first-order valence-corrected chi connectivity index (χ1v) is 9.82. The number of nitrogens with zero attached hydrogens (tertiary/aromatic N) is 3. The maximum Gasteiger partial charge on any atom is 0.243 e. The van der Waals surface area contributed by atoms with Gasteiger partial charge in [-0.15, -0.1) is 0 Å². The molecule has 1 aliphatic rings. The Kier molecular flexibility index (Phi) is 4.67. The third-order valence-corrected chi connectivity index (χ3v) is 5.78. The number of nitrogens with one attached hydrogen (secondary N) is 1. The van der Waals surface area contributed by atoms with Crippen molar-refractivity contribution in [3.63, 3.8) is 0 Å². The number of rotatable bonds is 4. The molecule has 3 heterocycles. The number of fused-ring (bicyclic) bond motifs is 1. The molecule has 128 valence electrons. The summed E-state index contributed by atoms with van der Waals surface area (Å²) in [4.78, 5) is 23.7.